The number of halogens is 2. The summed E-state index contributed by atoms with van der Waals surface area (Å²) in [6.45, 7) is 0. The molecule has 3 nitrogen and oxygen atoms in total. The van der Waals surface area contributed by atoms with Crippen LogP contribution in [-0.2, 0) is 0 Å². The molecule has 0 radical (unpaired) electrons. The van der Waals surface area contributed by atoms with Gasteiger partial charge in [0.2, 0.25) is 0 Å². The minimum atomic E-state index is 0.597. The predicted octanol–water partition coefficient (Wildman–Crippen LogP) is 5.77. The molecule has 0 amide bonds. The van der Waals surface area contributed by atoms with Gasteiger partial charge >= 0.3 is 0 Å². The van der Waals surface area contributed by atoms with E-state index >= 15 is 0 Å². The average Bonchev–Trinajstić information content (AvgIpc) is 2.85. The Kier molecular flexibility index (Phi) is 3.17. The molecule has 0 saturated carbocycles. The monoisotopic (exact) mass is 327 g/mol. The SMILES string of the molecule is Clc1cc(Cl)cc(Nc2ccnc3[nH]c4ccccc4c23)c1. The molecule has 2 heterocycles. The van der Waals surface area contributed by atoms with Crippen LogP contribution in [0.4, 0.5) is 11.4 Å². The Morgan fingerprint density at radius 3 is 2.55 bits per heavy atom. The number of H-pyrrole nitrogens is 1. The number of anilines is 2. The molecule has 0 saturated heterocycles. The van der Waals surface area contributed by atoms with Crippen LogP contribution in [0.15, 0.2) is 54.7 Å². The summed E-state index contributed by atoms with van der Waals surface area (Å²) in [5.74, 6) is 0. The number of nitrogens with one attached hydrogen (secondary N) is 2. The first kappa shape index (κ1) is 13.4. The van der Waals surface area contributed by atoms with Gasteiger partial charge in [0.1, 0.15) is 5.65 Å². The fourth-order valence-electron chi connectivity index (χ4n) is 2.65. The number of nitrogens with zero attached hydrogens (tertiary/aromatic N) is 1. The molecule has 0 fully saturated rings. The molecular formula is C17H11Cl2N3. The number of aromatic amines is 1. The van der Waals surface area contributed by atoms with Crippen LogP contribution in [0.2, 0.25) is 10.0 Å². The van der Waals surface area contributed by atoms with E-state index < -0.39 is 0 Å². The third-order valence-corrected chi connectivity index (χ3v) is 3.98. The van der Waals surface area contributed by atoms with E-state index in [0.717, 1.165) is 33.3 Å². The number of hydrogen-bond acceptors (Lipinski definition) is 2. The molecule has 4 aromatic rings. The maximum absolute atomic E-state index is 6.07. The summed E-state index contributed by atoms with van der Waals surface area (Å²) in [7, 11) is 0. The van der Waals surface area contributed by atoms with E-state index in [2.05, 4.69) is 21.4 Å². The molecule has 2 aromatic carbocycles. The van der Waals surface area contributed by atoms with Gasteiger partial charge < -0.3 is 10.3 Å². The summed E-state index contributed by atoms with van der Waals surface area (Å²) in [5, 5.41) is 6.75. The number of rotatable bonds is 2. The molecule has 2 N–H and O–H groups in total. The predicted molar refractivity (Wildman–Crippen MR) is 93.3 cm³/mol. The lowest BCUT2D eigenvalue weighted by molar-refractivity contribution is 1.34. The van der Waals surface area contributed by atoms with Crippen molar-refractivity contribution in [3.63, 3.8) is 0 Å². The average molecular weight is 328 g/mol. The first-order valence-electron chi connectivity index (χ1n) is 6.79. The second kappa shape index (κ2) is 5.20. The van der Waals surface area contributed by atoms with Crippen molar-refractivity contribution in [1.29, 1.82) is 0 Å². The largest absolute Gasteiger partial charge is 0.355 e. The van der Waals surface area contributed by atoms with Crippen LogP contribution >= 0.6 is 23.2 Å². The summed E-state index contributed by atoms with van der Waals surface area (Å²) < 4.78 is 0. The van der Waals surface area contributed by atoms with Crippen LogP contribution in [0.3, 0.4) is 0 Å². The fraction of sp³-hybridized carbons (Fsp3) is 0. The van der Waals surface area contributed by atoms with Crippen molar-refractivity contribution in [1.82, 2.24) is 9.97 Å². The highest BCUT2D eigenvalue weighted by Crippen LogP contribution is 2.33. The summed E-state index contributed by atoms with van der Waals surface area (Å²) >= 11 is 12.1. The van der Waals surface area contributed by atoms with Crippen LogP contribution in [0.1, 0.15) is 0 Å². The quantitative estimate of drug-likeness (QED) is 0.491. The van der Waals surface area contributed by atoms with Gasteiger partial charge in [0.05, 0.1) is 11.1 Å². The molecule has 0 atom stereocenters. The second-order valence-electron chi connectivity index (χ2n) is 5.04. The number of aromatic nitrogens is 2. The van der Waals surface area contributed by atoms with Crippen molar-refractivity contribution >= 4 is 56.5 Å². The van der Waals surface area contributed by atoms with Crippen LogP contribution in [-0.4, -0.2) is 9.97 Å². The minimum absolute atomic E-state index is 0.597. The van der Waals surface area contributed by atoms with E-state index in [-0.39, 0.29) is 0 Å². The van der Waals surface area contributed by atoms with Gasteiger partial charge in [-0.05, 0) is 30.3 Å². The van der Waals surface area contributed by atoms with Gasteiger partial charge in [-0.3, -0.25) is 0 Å². The number of fused-ring (bicyclic) bond motifs is 3. The molecular weight excluding hydrogens is 317 g/mol. The standard InChI is InChI=1S/C17H11Cl2N3/c18-10-7-11(19)9-12(8-10)21-15-5-6-20-17-16(15)13-3-1-2-4-14(13)22-17/h1-9H,(H2,20,21,22). The van der Waals surface area contributed by atoms with Crippen molar-refractivity contribution in [2.45, 2.75) is 0 Å². The Morgan fingerprint density at radius 1 is 0.955 bits per heavy atom. The van der Waals surface area contributed by atoms with E-state index in [4.69, 9.17) is 23.2 Å². The zero-order valence-electron chi connectivity index (χ0n) is 11.4. The zero-order valence-corrected chi connectivity index (χ0v) is 12.9. The first-order chi connectivity index (χ1) is 10.7. The topological polar surface area (TPSA) is 40.7 Å². The Hall–Kier alpha value is -2.23. The van der Waals surface area contributed by atoms with Crippen LogP contribution in [0, 0.1) is 0 Å². The molecule has 22 heavy (non-hydrogen) atoms. The summed E-state index contributed by atoms with van der Waals surface area (Å²) in [5.41, 5.74) is 3.71. The summed E-state index contributed by atoms with van der Waals surface area (Å²) in [4.78, 5) is 7.73. The van der Waals surface area contributed by atoms with Crippen LogP contribution < -0.4 is 5.32 Å². The third-order valence-electron chi connectivity index (χ3n) is 3.54. The van der Waals surface area contributed by atoms with Gasteiger partial charge in [-0.1, -0.05) is 41.4 Å². The zero-order chi connectivity index (χ0) is 15.1. The molecule has 4 rings (SSSR count). The maximum Gasteiger partial charge on any atom is 0.140 e. The van der Waals surface area contributed by atoms with Crippen molar-refractivity contribution in [2.75, 3.05) is 5.32 Å². The normalized spacial score (nSPS) is 11.2. The molecule has 0 aliphatic heterocycles. The molecule has 2 aromatic heterocycles. The highest BCUT2D eigenvalue weighted by atomic mass is 35.5. The van der Waals surface area contributed by atoms with Crippen molar-refractivity contribution in [2.24, 2.45) is 0 Å². The van der Waals surface area contributed by atoms with Crippen LogP contribution in [0.5, 0.6) is 0 Å². The smallest absolute Gasteiger partial charge is 0.140 e. The fourth-order valence-corrected chi connectivity index (χ4v) is 3.18. The number of benzene rings is 2. The lowest BCUT2D eigenvalue weighted by Gasteiger charge is -2.09. The van der Waals surface area contributed by atoms with Gasteiger partial charge in [0.25, 0.3) is 0 Å². The van der Waals surface area contributed by atoms with Gasteiger partial charge in [0, 0.05) is 32.8 Å². The first-order valence-corrected chi connectivity index (χ1v) is 7.55. The van der Waals surface area contributed by atoms with Crippen molar-refractivity contribution in [3.05, 3.63) is 64.8 Å². The highest BCUT2D eigenvalue weighted by molar-refractivity contribution is 6.35. The van der Waals surface area contributed by atoms with Gasteiger partial charge in [-0.15, -0.1) is 0 Å². The molecule has 0 unspecified atom stereocenters. The maximum atomic E-state index is 6.07. The van der Waals surface area contributed by atoms with E-state index in [0.29, 0.717) is 10.0 Å². The van der Waals surface area contributed by atoms with Crippen molar-refractivity contribution < 1.29 is 0 Å². The minimum Gasteiger partial charge on any atom is -0.355 e. The van der Waals surface area contributed by atoms with E-state index in [1.807, 2.05) is 36.4 Å². The Bertz CT molecular complexity index is 971. The molecule has 0 aliphatic rings. The van der Waals surface area contributed by atoms with E-state index in [1.165, 1.54) is 0 Å². The molecule has 0 aliphatic carbocycles. The molecule has 0 spiro atoms. The number of hydrogen-bond donors (Lipinski definition) is 2. The number of para-hydroxylation sites is 1. The third kappa shape index (κ3) is 2.28. The van der Waals surface area contributed by atoms with E-state index in [1.54, 1.807) is 12.3 Å². The molecule has 0 bridgehead atoms. The Labute approximate surface area is 136 Å². The Balaban J connectivity index is 1.91. The lowest BCUT2D eigenvalue weighted by Crippen LogP contribution is -1.92. The van der Waals surface area contributed by atoms with Gasteiger partial charge in [0.15, 0.2) is 0 Å². The lowest BCUT2D eigenvalue weighted by atomic mass is 10.1. The van der Waals surface area contributed by atoms with Crippen LogP contribution in [0.25, 0.3) is 21.9 Å². The molecule has 5 heteroatoms. The Morgan fingerprint density at radius 2 is 1.73 bits per heavy atom. The van der Waals surface area contributed by atoms with Crippen molar-refractivity contribution in [3.8, 4) is 0 Å². The highest BCUT2D eigenvalue weighted by Gasteiger charge is 2.10. The summed E-state index contributed by atoms with van der Waals surface area (Å²) in [6.07, 6.45) is 1.77. The number of pyridine rings is 1. The van der Waals surface area contributed by atoms with Gasteiger partial charge in [-0.25, -0.2) is 4.98 Å². The summed E-state index contributed by atoms with van der Waals surface area (Å²) in [6, 6.07) is 15.5. The molecule has 108 valence electrons. The van der Waals surface area contributed by atoms with E-state index in [9.17, 15) is 0 Å². The second-order valence-corrected chi connectivity index (χ2v) is 5.91. The van der Waals surface area contributed by atoms with Gasteiger partial charge in [-0.2, -0.15) is 0 Å².